The number of anilines is 2. The summed E-state index contributed by atoms with van der Waals surface area (Å²) in [5.74, 6) is 1.41. The number of carbonyl (C=O) groups is 1. The van der Waals surface area contributed by atoms with E-state index < -0.39 is 0 Å². The van der Waals surface area contributed by atoms with Gasteiger partial charge in [0.2, 0.25) is 5.91 Å². The van der Waals surface area contributed by atoms with Crippen molar-refractivity contribution in [1.29, 1.82) is 0 Å². The van der Waals surface area contributed by atoms with E-state index in [1.165, 1.54) is 11.3 Å². The molecule has 6 nitrogen and oxygen atoms in total. The molecule has 1 fully saturated rings. The number of benzene rings is 2. The normalized spacial score (nSPS) is 14.0. The molecule has 0 atom stereocenters. The van der Waals surface area contributed by atoms with E-state index in [1.54, 1.807) is 14.2 Å². The molecule has 3 rings (SSSR count). The summed E-state index contributed by atoms with van der Waals surface area (Å²) in [6, 6.07) is 14.0. The van der Waals surface area contributed by atoms with Crippen LogP contribution in [0.2, 0.25) is 0 Å². The highest BCUT2D eigenvalue weighted by atomic mass is 16.5. The zero-order chi connectivity index (χ0) is 19.2. The minimum absolute atomic E-state index is 0.105. The Bertz CT molecular complexity index is 786. The second-order valence-corrected chi connectivity index (χ2v) is 6.63. The van der Waals surface area contributed by atoms with Gasteiger partial charge >= 0.3 is 0 Å². The lowest BCUT2D eigenvalue weighted by Crippen LogP contribution is -2.50. The first-order valence-electron chi connectivity index (χ1n) is 9.16. The molecule has 0 spiro atoms. The summed E-state index contributed by atoms with van der Waals surface area (Å²) in [4.78, 5) is 16.8. The van der Waals surface area contributed by atoms with E-state index in [1.807, 2.05) is 23.1 Å². The molecule has 1 N–H and O–H groups in total. The zero-order valence-electron chi connectivity index (χ0n) is 16.2. The quantitative estimate of drug-likeness (QED) is 0.849. The van der Waals surface area contributed by atoms with E-state index in [9.17, 15) is 4.79 Å². The molecule has 1 amide bonds. The highest BCUT2D eigenvalue weighted by molar-refractivity contribution is 5.81. The Hall–Kier alpha value is -2.89. The van der Waals surface area contributed by atoms with E-state index in [0.29, 0.717) is 11.5 Å². The highest BCUT2D eigenvalue weighted by Gasteiger charge is 2.21. The van der Waals surface area contributed by atoms with E-state index in [0.717, 1.165) is 31.9 Å². The minimum atomic E-state index is 0.105. The molecule has 2 aromatic carbocycles. The number of hydrogen-bond acceptors (Lipinski definition) is 5. The van der Waals surface area contributed by atoms with Gasteiger partial charge in [0, 0.05) is 43.6 Å². The van der Waals surface area contributed by atoms with Crippen molar-refractivity contribution in [2.24, 2.45) is 0 Å². The Morgan fingerprint density at radius 3 is 2.41 bits per heavy atom. The lowest BCUT2D eigenvalue weighted by molar-refractivity contribution is -0.129. The van der Waals surface area contributed by atoms with Gasteiger partial charge in [-0.05, 0) is 36.8 Å². The van der Waals surface area contributed by atoms with Gasteiger partial charge in [-0.2, -0.15) is 0 Å². The summed E-state index contributed by atoms with van der Waals surface area (Å²) in [6.07, 6.45) is 0. The lowest BCUT2D eigenvalue weighted by Gasteiger charge is -2.36. The molecular weight excluding hydrogens is 342 g/mol. The molecule has 144 valence electrons. The van der Waals surface area contributed by atoms with Gasteiger partial charge in [0.1, 0.15) is 0 Å². The number of hydrogen-bond donors (Lipinski definition) is 1. The monoisotopic (exact) mass is 369 g/mol. The SMILES string of the molecule is COc1ccc(NCC(=O)N2CCN(c3cccc(C)c3)CC2)cc1OC. The second-order valence-electron chi connectivity index (χ2n) is 6.63. The predicted molar refractivity (Wildman–Crippen MR) is 108 cm³/mol. The lowest BCUT2D eigenvalue weighted by atomic mass is 10.2. The molecule has 0 radical (unpaired) electrons. The molecule has 27 heavy (non-hydrogen) atoms. The summed E-state index contributed by atoms with van der Waals surface area (Å²) >= 11 is 0. The summed E-state index contributed by atoms with van der Waals surface area (Å²) in [6.45, 7) is 5.54. The molecule has 0 aliphatic carbocycles. The maximum atomic E-state index is 12.5. The minimum Gasteiger partial charge on any atom is -0.493 e. The molecule has 1 heterocycles. The van der Waals surface area contributed by atoms with Gasteiger partial charge in [-0.25, -0.2) is 0 Å². The van der Waals surface area contributed by atoms with Crippen molar-refractivity contribution in [3.63, 3.8) is 0 Å². The zero-order valence-corrected chi connectivity index (χ0v) is 16.2. The summed E-state index contributed by atoms with van der Waals surface area (Å²) in [7, 11) is 3.20. The van der Waals surface area contributed by atoms with E-state index in [-0.39, 0.29) is 12.5 Å². The Balaban J connectivity index is 1.51. The second kappa shape index (κ2) is 8.66. The standard InChI is InChI=1S/C21H27N3O3/c1-16-5-4-6-18(13-16)23-9-11-24(12-10-23)21(25)15-22-17-7-8-19(26-2)20(14-17)27-3/h4-8,13-14,22H,9-12,15H2,1-3H3. The van der Waals surface area contributed by atoms with Crippen LogP contribution in [0.4, 0.5) is 11.4 Å². The van der Waals surface area contributed by atoms with Crippen molar-refractivity contribution in [1.82, 2.24) is 4.90 Å². The molecule has 0 saturated carbocycles. The van der Waals surface area contributed by atoms with Crippen LogP contribution in [-0.2, 0) is 4.79 Å². The largest absolute Gasteiger partial charge is 0.493 e. The Kier molecular flexibility index (Phi) is 6.06. The van der Waals surface area contributed by atoms with Crippen LogP contribution in [0.15, 0.2) is 42.5 Å². The molecule has 1 aliphatic rings. The number of amides is 1. The smallest absolute Gasteiger partial charge is 0.241 e. The van der Waals surface area contributed by atoms with Crippen LogP contribution in [0.5, 0.6) is 11.5 Å². The number of nitrogens with zero attached hydrogens (tertiary/aromatic N) is 2. The number of methoxy groups -OCH3 is 2. The molecule has 0 unspecified atom stereocenters. The van der Waals surface area contributed by atoms with Crippen molar-refractivity contribution in [3.8, 4) is 11.5 Å². The van der Waals surface area contributed by atoms with Gasteiger partial charge < -0.3 is 24.6 Å². The van der Waals surface area contributed by atoms with Gasteiger partial charge in [-0.15, -0.1) is 0 Å². The number of rotatable bonds is 6. The summed E-state index contributed by atoms with van der Waals surface area (Å²) in [5.41, 5.74) is 3.31. The molecule has 6 heteroatoms. The first-order chi connectivity index (χ1) is 13.1. The van der Waals surface area contributed by atoms with Crippen LogP contribution >= 0.6 is 0 Å². The van der Waals surface area contributed by atoms with Crippen molar-refractivity contribution < 1.29 is 14.3 Å². The van der Waals surface area contributed by atoms with Gasteiger partial charge in [0.05, 0.1) is 20.8 Å². The van der Waals surface area contributed by atoms with Crippen LogP contribution < -0.4 is 19.7 Å². The average molecular weight is 369 g/mol. The number of aryl methyl sites for hydroxylation is 1. The first-order valence-corrected chi connectivity index (χ1v) is 9.16. The Labute approximate surface area is 160 Å². The van der Waals surface area contributed by atoms with Crippen LogP contribution in [0.1, 0.15) is 5.56 Å². The van der Waals surface area contributed by atoms with Crippen molar-refractivity contribution >= 4 is 17.3 Å². The predicted octanol–water partition coefficient (Wildman–Crippen LogP) is 2.77. The third-order valence-corrected chi connectivity index (χ3v) is 4.83. The fourth-order valence-electron chi connectivity index (χ4n) is 3.27. The van der Waals surface area contributed by atoms with Gasteiger partial charge in [0.25, 0.3) is 0 Å². The van der Waals surface area contributed by atoms with Gasteiger partial charge in [-0.1, -0.05) is 12.1 Å². The summed E-state index contributed by atoms with van der Waals surface area (Å²) < 4.78 is 10.5. The van der Waals surface area contributed by atoms with E-state index in [2.05, 4.69) is 41.4 Å². The van der Waals surface area contributed by atoms with Crippen molar-refractivity contribution in [2.45, 2.75) is 6.92 Å². The number of piperazine rings is 1. The number of ether oxygens (including phenoxy) is 2. The number of carbonyl (C=O) groups excluding carboxylic acids is 1. The van der Waals surface area contributed by atoms with Gasteiger partial charge in [-0.3, -0.25) is 4.79 Å². The number of nitrogens with one attached hydrogen (secondary N) is 1. The van der Waals surface area contributed by atoms with E-state index >= 15 is 0 Å². The van der Waals surface area contributed by atoms with E-state index in [4.69, 9.17) is 9.47 Å². The highest BCUT2D eigenvalue weighted by Crippen LogP contribution is 2.29. The average Bonchev–Trinajstić information content (AvgIpc) is 2.71. The van der Waals surface area contributed by atoms with Crippen LogP contribution in [0.3, 0.4) is 0 Å². The summed E-state index contributed by atoms with van der Waals surface area (Å²) in [5, 5.41) is 3.18. The maximum Gasteiger partial charge on any atom is 0.241 e. The third-order valence-electron chi connectivity index (χ3n) is 4.83. The van der Waals surface area contributed by atoms with Crippen LogP contribution in [0, 0.1) is 6.92 Å². The molecule has 1 saturated heterocycles. The Morgan fingerprint density at radius 1 is 1.00 bits per heavy atom. The molecule has 1 aliphatic heterocycles. The Morgan fingerprint density at radius 2 is 1.74 bits per heavy atom. The maximum absolute atomic E-state index is 12.5. The first kappa shape index (κ1) is 18.9. The topological polar surface area (TPSA) is 54.0 Å². The third kappa shape index (κ3) is 4.64. The fraction of sp³-hybridized carbons (Fsp3) is 0.381. The van der Waals surface area contributed by atoms with Crippen molar-refractivity contribution in [3.05, 3.63) is 48.0 Å². The molecule has 0 aromatic heterocycles. The molecule has 0 bridgehead atoms. The molecule has 2 aromatic rings. The van der Waals surface area contributed by atoms with Gasteiger partial charge in [0.15, 0.2) is 11.5 Å². The van der Waals surface area contributed by atoms with Crippen LogP contribution in [-0.4, -0.2) is 57.8 Å². The molecular formula is C21H27N3O3. The fourth-order valence-corrected chi connectivity index (χ4v) is 3.27. The van der Waals surface area contributed by atoms with Crippen LogP contribution in [0.25, 0.3) is 0 Å². The van der Waals surface area contributed by atoms with Crippen molar-refractivity contribution in [2.75, 3.05) is 57.2 Å².